The fraction of sp³-hybridized carbons (Fsp3) is 0.346. The van der Waals surface area contributed by atoms with Crippen LogP contribution >= 0.6 is 0 Å². The summed E-state index contributed by atoms with van der Waals surface area (Å²) in [6.07, 6.45) is -3.89. The Kier molecular flexibility index (Phi) is 8.36. The third-order valence-corrected chi connectivity index (χ3v) is 8.54. The molecule has 5 rings (SSSR count). The molecule has 2 N–H and O–H groups in total. The van der Waals surface area contributed by atoms with Crippen LogP contribution in [0.15, 0.2) is 53.6 Å². The number of carbonyl (C=O) groups excluding carboxylic acids is 1. The summed E-state index contributed by atoms with van der Waals surface area (Å²) < 4.78 is 73.2. The van der Waals surface area contributed by atoms with Crippen molar-refractivity contribution in [1.29, 1.82) is 5.26 Å². The highest BCUT2D eigenvalue weighted by Gasteiger charge is 2.43. The van der Waals surface area contributed by atoms with Gasteiger partial charge in [-0.2, -0.15) is 27.5 Å². The molecule has 0 saturated carbocycles. The minimum absolute atomic E-state index is 0.0202. The predicted octanol–water partition coefficient (Wildman–Crippen LogP) is 2.11. The van der Waals surface area contributed by atoms with E-state index in [1.807, 2.05) is 6.07 Å². The number of morpholine rings is 1. The molecule has 0 unspecified atom stereocenters. The lowest BCUT2D eigenvalue weighted by Crippen LogP contribution is -2.45. The average Bonchev–Trinajstić information content (AvgIpc) is 3.36. The zero-order chi connectivity index (χ0) is 29.9. The van der Waals surface area contributed by atoms with E-state index in [2.05, 4.69) is 15.6 Å². The lowest BCUT2D eigenvalue weighted by molar-refractivity contribution is -0.199. The highest BCUT2D eigenvalue weighted by Crippen LogP contribution is 2.33. The molecule has 42 heavy (non-hydrogen) atoms. The molecule has 2 saturated heterocycles. The van der Waals surface area contributed by atoms with Gasteiger partial charge < -0.3 is 25.1 Å². The Labute approximate surface area is 239 Å². The Bertz CT molecular complexity index is 1610. The van der Waals surface area contributed by atoms with Gasteiger partial charge in [0.1, 0.15) is 11.9 Å². The van der Waals surface area contributed by atoms with Crippen molar-refractivity contribution in [3.8, 4) is 17.3 Å². The molecule has 12 nitrogen and oxygen atoms in total. The number of nitrogens with zero attached hydrogens (tertiary/aromatic N) is 5. The Morgan fingerprint density at radius 2 is 1.83 bits per heavy atom. The summed E-state index contributed by atoms with van der Waals surface area (Å²) in [7, 11) is -3.76. The van der Waals surface area contributed by atoms with Crippen LogP contribution in [0.1, 0.15) is 5.56 Å². The molecule has 0 radical (unpaired) electrons. The summed E-state index contributed by atoms with van der Waals surface area (Å²) in [6.45, 7) is 2.86. The molecule has 222 valence electrons. The molecule has 2 aliphatic heterocycles. The van der Waals surface area contributed by atoms with Gasteiger partial charge in [-0.1, -0.05) is 6.07 Å². The number of aromatic nitrogens is 2. The molecule has 0 amide bonds. The van der Waals surface area contributed by atoms with Crippen LogP contribution in [0, 0.1) is 11.3 Å². The molecule has 4 heterocycles. The third kappa shape index (κ3) is 6.19. The summed E-state index contributed by atoms with van der Waals surface area (Å²) in [5.74, 6) is -2.18. The van der Waals surface area contributed by atoms with Crippen molar-refractivity contribution in [2.24, 2.45) is 0 Å². The number of nitrogens with one attached hydrogen (secondary N) is 2. The van der Waals surface area contributed by atoms with Crippen LogP contribution in [0.25, 0.3) is 11.3 Å². The first-order valence-corrected chi connectivity index (χ1v) is 14.3. The highest BCUT2D eigenvalue weighted by molar-refractivity contribution is 7.89. The molecular formula is C26H26F3N7O5S. The number of ether oxygens (including phenoxy) is 1. The zero-order valence-corrected chi connectivity index (χ0v) is 22.9. The van der Waals surface area contributed by atoms with Crippen LogP contribution in [-0.2, 0) is 19.6 Å². The van der Waals surface area contributed by atoms with Gasteiger partial charge in [0.25, 0.3) is 0 Å². The van der Waals surface area contributed by atoms with Crippen molar-refractivity contribution in [2.75, 3.05) is 62.7 Å². The maximum absolute atomic E-state index is 13.2. The fourth-order valence-corrected chi connectivity index (χ4v) is 6.10. The second-order valence-electron chi connectivity index (χ2n) is 9.39. The van der Waals surface area contributed by atoms with Crippen LogP contribution in [-0.4, -0.2) is 87.1 Å². The molecular weight excluding hydrogens is 579 g/mol. The molecule has 2 aromatic heterocycles. The van der Waals surface area contributed by atoms with E-state index >= 15 is 0 Å². The van der Waals surface area contributed by atoms with E-state index in [1.165, 1.54) is 40.8 Å². The normalized spacial score (nSPS) is 16.6. The van der Waals surface area contributed by atoms with Gasteiger partial charge in [0, 0.05) is 56.7 Å². The van der Waals surface area contributed by atoms with Gasteiger partial charge >= 0.3 is 12.1 Å². The molecule has 0 aliphatic carbocycles. The minimum Gasteiger partial charge on any atom is -0.379 e. The number of hydrogen-bond acceptors (Lipinski definition) is 10. The topological polar surface area (TPSA) is 142 Å². The van der Waals surface area contributed by atoms with Crippen LogP contribution < -0.4 is 20.4 Å². The summed E-state index contributed by atoms with van der Waals surface area (Å²) >= 11 is 0. The second kappa shape index (κ2) is 12.0. The van der Waals surface area contributed by atoms with E-state index in [4.69, 9.17) is 9.57 Å². The van der Waals surface area contributed by atoms with Gasteiger partial charge in [0.15, 0.2) is 5.82 Å². The van der Waals surface area contributed by atoms with E-state index in [0.29, 0.717) is 45.1 Å². The van der Waals surface area contributed by atoms with Gasteiger partial charge in [-0.15, -0.1) is 0 Å². The number of sulfonamides is 1. The number of anilines is 3. The molecule has 0 atom stereocenters. The number of rotatable bonds is 7. The number of piperazine rings is 1. The second-order valence-corrected chi connectivity index (χ2v) is 11.3. The van der Waals surface area contributed by atoms with Crippen molar-refractivity contribution < 1.29 is 36.0 Å². The zero-order valence-electron chi connectivity index (χ0n) is 22.1. The van der Waals surface area contributed by atoms with E-state index < -0.39 is 22.2 Å². The van der Waals surface area contributed by atoms with Gasteiger partial charge in [-0.05, 0) is 36.4 Å². The first-order valence-electron chi connectivity index (χ1n) is 12.9. The summed E-state index contributed by atoms with van der Waals surface area (Å²) in [5, 5.41) is 15.9. The van der Waals surface area contributed by atoms with Crippen LogP contribution in [0.3, 0.4) is 0 Å². The molecule has 0 bridgehead atoms. The smallest absolute Gasteiger partial charge is 0.379 e. The summed E-state index contributed by atoms with van der Waals surface area (Å²) in [4.78, 5) is 22.7. The van der Waals surface area contributed by atoms with Crippen LogP contribution in [0.2, 0.25) is 0 Å². The van der Waals surface area contributed by atoms with Gasteiger partial charge in [0.2, 0.25) is 10.0 Å². The monoisotopic (exact) mass is 605 g/mol. The first kappa shape index (κ1) is 29.3. The number of hydrogen-bond donors (Lipinski definition) is 2. The number of carbonyl (C=O) groups is 1. The SMILES string of the molecule is N#Cc1cc(-c2ccnc(Nc3cccc(S(=O)(=O)N4CCOCC4)c3)c2)n(OC(=O)C(F)(F)F)c1N1CCNCC1. The summed E-state index contributed by atoms with van der Waals surface area (Å²) in [5.41, 5.74) is 0.727. The molecule has 0 spiro atoms. The van der Waals surface area contributed by atoms with Crippen molar-refractivity contribution in [3.63, 3.8) is 0 Å². The number of nitriles is 1. The lowest BCUT2D eigenvalue weighted by Gasteiger charge is -2.30. The molecule has 16 heteroatoms. The Hall–Kier alpha value is -4.17. The third-order valence-electron chi connectivity index (χ3n) is 6.65. The number of alkyl halides is 3. The van der Waals surface area contributed by atoms with E-state index in [0.717, 1.165) is 4.73 Å². The molecule has 1 aromatic carbocycles. The quantitative estimate of drug-likeness (QED) is 0.411. The van der Waals surface area contributed by atoms with Gasteiger partial charge in [-0.25, -0.2) is 18.2 Å². The maximum Gasteiger partial charge on any atom is 0.493 e. The van der Waals surface area contributed by atoms with Crippen LogP contribution in [0.5, 0.6) is 0 Å². The standard InChI is InChI=1S/C26H26F3N7O5S/c27-26(28,29)25(37)41-36-22(14-19(17-30)24(36)34-8-6-31-7-9-34)18-4-5-32-23(15-18)33-20-2-1-3-21(16-20)42(38,39)35-10-12-40-13-11-35/h1-5,14-16,31H,6-13H2,(H,32,33). The fourth-order valence-electron chi connectivity index (χ4n) is 4.65. The highest BCUT2D eigenvalue weighted by atomic mass is 32.2. The van der Waals surface area contributed by atoms with E-state index in [-0.39, 0.29) is 46.4 Å². The van der Waals surface area contributed by atoms with Crippen molar-refractivity contribution in [1.82, 2.24) is 19.3 Å². The van der Waals surface area contributed by atoms with Crippen molar-refractivity contribution in [3.05, 3.63) is 54.2 Å². The van der Waals surface area contributed by atoms with Crippen LogP contribution in [0.4, 0.5) is 30.5 Å². The molecule has 2 fully saturated rings. The van der Waals surface area contributed by atoms with Gasteiger partial charge in [0.05, 0.1) is 29.4 Å². The predicted molar refractivity (Wildman–Crippen MR) is 144 cm³/mol. The Morgan fingerprint density at radius 1 is 1.10 bits per heavy atom. The number of pyridine rings is 1. The Morgan fingerprint density at radius 3 is 2.52 bits per heavy atom. The summed E-state index contributed by atoms with van der Waals surface area (Å²) in [6, 6.07) is 12.4. The first-order chi connectivity index (χ1) is 20.1. The average molecular weight is 606 g/mol. The molecule has 3 aromatic rings. The Balaban J connectivity index is 1.49. The van der Waals surface area contributed by atoms with E-state index in [9.17, 15) is 31.6 Å². The molecule has 2 aliphatic rings. The minimum atomic E-state index is -5.27. The van der Waals surface area contributed by atoms with Crippen molar-refractivity contribution in [2.45, 2.75) is 11.1 Å². The van der Waals surface area contributed by atoms with Gasteiger partial charge in [-0.3, -0.25) is 0 Å². The van der Waals surface area contributed by atoms with Crippen molar-refractivity contribution >= 4 is 33.3 Å². The number of benzene rings is 1. The number of halogens is 3. The maximum atomic E-state index is 13.2. The largest absolute Gasteiger partial charge is 0.493 e. The van der Waals surface area contributed by atoms with E-state index in [1.54, 1.807) is 17.0 Å². The lowest BCUT2D eigenvalue weighted by atomic mass is 10.2.